The molecule has 2 rings (SSSR count). The Hall–Kier alpha value is -2.29. The van der Waals surface area contributed by atoms with E-state index in [4.69, 9.17) is 5.73 Å². The Labute approximate surface area is 119 Å². The van der Waals surface area contributed by atoms with Crippen molar-refractivity contribution in [1.82, 2.24) is 0 Å². The maximum absolute atomic E-state index is 12.4. The van der Waals surface area contributed by atoms with E-state index in [0.29, 0.717) is 16.9 Å². The summed E-state index contributed by atoms with van der Waals surface area (Å²) in [7, 11) is 0. The molecular weight excluding hydrogens is 248 g/mol. The largest absolute Gasteiger partial charge is 0.397 e. The van der Waals surface area contributed by atoms with Gasteiger partial charge >= 0.3 is 0 Å². The first kappa shape index (κ1) is 14.1. The van der Waals surface area contributed by atoms with E-state index >= 15 is 0 Å². The lowest BCUT2D eigenvalue weighted by Crippen LogP contribution is -2.16. The molecule has 0 saturated carbocycles. The number of anilines is 2. The van der Waals surface area contributed by atoms with Crippen LogP contribution in [0.4, 0.5) is 11.4 Å². The van der Waals surface area contributed by atoms with Crippen molar-refractivity contribution in [3.05, 3.63) is 58.7 Å². The molecule has 3 N–H and O–H groups in total. The van der Waals surface area contributed by atoms with Gasteiger partial charge < -0.3 is 11.1 Å². The van der Waals surface area contributed by atoms with Gasteiger partial charge in [0.2, 0.25) is 0 Å². The summed E-state index contributed by atoms with van der Waals surface area (Å²) in [5.41, 5.74) is 11.1. The number of nitrogens with two attached hydrogens (primary N) is 1. The Kier molecular flexibility index (Phi) is 4.08. The van der Waals surface area contributed by atoms with Crippen LogP contribution in [0.1, 0.15) is 34.0 Å². The SMILES string of the molecule is CCc1ccccc1C(=O)Nc1c(N)ccc(C)c1C. The molecule has 0 aliphatic heterocycles. The lowest BCUT2D eigenvalue weighted by Gasteiger charge is -2.14. The molecule has 3 nitrogen and oxygen atoms in total. The number of hydrogen-bond acceptors (Lipinski definition) is 2. The molecule has 0 aliphatic rings. The fourth-order valence-corrected chi connectivity index (χ4v) is 2.23. The van der Waals surface area contributed by atoms with Crippen molar-refractivity contribution in [2.24, 2.45) is 0 Å². The third-order valence-electron chi connectivity index (χ3n) is 3.65. The van der Waals surface area contributed by atoms with Crippen LogP contribution in [-0.2, 0) is 6.42 Å². The first-order valence-electron chi connectivity index (χ1n) is 6.79. The maximum atomic E-state index is 12.4. The zero-order chi connectivity index (χ0) is 14.7. The number of carbonyl (C=O) groups is 1. The zero-order valence-electron chi connectivity index (χ0n) is 12.2. The minimum Gasteiger partial charge on any atom is -0.397 e. The second-order valence-corrected chi connectivity index (χ2v) is 4.94. The first-order valence-corrected chi connectivity index (χ1v) is 6.79. The maximum Gasteiger partial charge on any atom is 0.256 e. The molecule has 0 atom stereocenters. The van der Waals surface area contributed by atoms with Crippen molar-refractivity contribution in [2.45, 2.75) is 27.2 Å². The standard InChI is InChI=1S/C17H20N2O/c1-4-13-7-5-6-8-14(13)17(20)19-16-12(3)11(2)9-10-15(16)18/h5-10H,4,18H2,1-3H3,(H,19,20). The predicted molar refractivity (Wildman–Crippen MR) is 84.1 cm³/mol. The molecule has 2 aromatic rings. The number of amides is 1. The van der Waals surface area contributed by atoms with Gasteiger partial charge in [-0.2, -0.15) is 0 Å². The average molecular weight is 268 g/mol. The van der Waals surface area contributed by atoms with Crippen LogP contribution in [-0.4, -0.2) is 5.91 Å². The van der Waals surface area contributed by atoms with Crippen molar-refractivity contribution in [3.8, 4) is 0 Å². The molecule has 0 aromatic heterocycles. The van der Waals surface area contributed by atoms with E-state index in [1.807, 2.05) is 57.2 Å². The van der Waals surface area contributed by atoms with Crippen molar-refractivity contribution in [1.29, 1.82) is 0 Å². The fourth-order valence-electron chi connectivity index (χ4n) is 2.23. The topological polar surface area (TPSA) is 55.1 Å². The number of nitrogens with one attached hydrogen (secondary N) is 1. The summed E-state index contributed by atoms with van der Waals surface area (Å²) in [4.78, 5) is 12.4. The average Bonchev–Trinajstić information content (AvgIpc) is 2.47. The van der Waals surface area contributed by atoms with Crippen molar-refractivity contribution in [2.75, 3.05) is 11.1 Å². The number of benzene rings is 2. The highest BCUT2D eigenvalue weighted by Gasteiger charge is 2.13. The molecule has 0 heterocycles. The van der Waals surface area contributed by atoms with Crippen LogP contribution in [0.25, 0.3) is 0 Å². The smallest absolute Gasteiger partial charge is 0.256 e. The van der Waals surface area contributed by atoms with Crippen LogP contribution >= 0.6 is 0 Å². The number of aryl methyl sites for hydroxylation is 2. The normalized spacial score (nSPS) is 10.3. The van der Waals surface area contributed by atoms with E-state index in [1.165, 1.54) is 0 Å². The Morgan fingerprint density at radius 1 is 1.15 bits per heavy atom. The molecule has 3 heteroatoms. The summed E-state index contributed by atoms with van der Waals surface area (Å²) in [6.45, 7) is 6.01. The second-order valence-electron chi connectivity index (χ2n) is 4.94. The highest BCUT2D eigenvalue weighted by Crippen LogP contribution is 2.26. The number of hydrogen-bond donors (Lipinski definition) is 2. The van der Waals surface area contributed by atoms with Gasteiger partial charge in [0, 0.05) is 5.56 Å². The molecule has 0 bridgehead atoms. The highest BCUT2D eigenvalue weighted by atomic mass is 16.1. The van der Waals surface area contributed by atoms with Crippen LogP contribution in [0.2, 0.25) is 0 Å². The number of rotatable bonds is 3. The molecule has 0 aliphatic carbocycles. The van der Waals surface area contributed by atoms with Gasteiger partial charge in [-0.25, -0.2) is 0 Å². The number of nitrogen functional groups attached to an aromatic ring is 1. The fraction of sp³-hybridized carbons (Fsp3) is 0.235. The first-order chi connectivity index (χ1) is 9.54. The minimum atomic E-state index is -0.108. The van der Waals surface area contributed by atoms with E-state index in [0.717, 1.165) is 23.1 Å². The summed E-state index contributed by atoms with van der Waals surface area (Å²) >= 11 is 0. The Balaban J connectivity index is 2.35. The summed E-state index contributed by atoms with van der Waals surface area (Å²) in [5.74, 6) is -0.108. The third kappa shape index (κ3) is 2.67. The molecule has 0 saturated heterocycles. The summed E-state index contributed by atoms with van der Waals surface area (Å²) in [5, 5.41) is 2.95. The van der Waals surface area contributed by atoms with E-state index < -0.39 is 0 Å². The monoisotopic (exact) mass is 268 g/mol. The minimum absolute atomic E-state index is 0.108. The van der Waals surface area contributed by atoms with E-state index in [9.17, 15) is 4.79 Å². The Morgan fingerprint density at radius 2 is 1.85 bits per heavy atom. The lowest BCUT2D eigenvalue weighted by atomic mass is 10.0. The molecule has 0 radical (unpaired) electrons. The van der Waals surface area contributed by atoms with E-state index in [-0.39, 0.29) is 5.91 Å². The van der Waals surface area contributed by atoms with Crippen LogP contribution in [0, 0.1) is 13.8 Å². The van der Waals surface area contributed by atoms with Crippen LogP contribution in [0.5, 0.6) is 0 Å². The molecule has 2 aromatic carbocycles. The number of carbonyl (C=O) groups excluding carboxylic acids is 1. The van der Waals surface area contributed by atoms with Gasteiger partial charge in [0.25, 0.3) is 5.91 Å². The molecule has 104 valence electrons. The van der Waals surface area contributed by atoms with Gasteiger partial charge in [0.05, 0.1) is 11.4 Å². The highest BCUT2D eigenvalue weighted by molar-refractivity contribution is 6.07. The molecule has 0 fully saturated rings. The second kappa shape index (κ2) is 5.78. The molecule has 1 amide bonds. The molecule has 0 unspecified atom stereocenters. The van der Waals surface area contributed by atoms with Crippen LogP contribution in [0.3, 0.4) is 0 Å². The van der Waals surface area contributed by atoms with Crippen molar-refractivity contribution in [3.63, 3.8) is 0 Å². The third-order valence-corrected chi connectivity index (χ3v) is 3.65. The van der Waals surface area contributed by atoms with Crippen LogP contribution < -0.4 is 11.1 Å². The molecule has 20 heavy (non-hydrogen) atoms. The lowest BCUT2D eigenvalue weighted by molar-refractivity contribution is 0.102. The van der Waals surface area contributed by atoms with E-state index in [2.05, 4.69) is 5.32 Å². The summed E-state index contributed by atoms with van der Waals surface area (Å²) < 4.78 is 0. The summed E-state index contributed by atoms with van der Waals surface area (Å²) in [6, 6.07) is 11.4. The van der Waals surface area contributed by atoms with E-state index in [1.54, 1.807) is 0 Å². The predicted octanol–water partition coefficient (Wildman–Crippen LogP) is 3.70. The van der Waals surface area contributed by atoms with Gasteiger partial charge in [-0.05, 0) is 49.1 Å². The van der Waals surface area contributed by atoms with Gasteiger partial charge in [-0.3, -0.25) is 4.79 Å². The van der Waals surface area contributed by atoms with Gasteiger partial charge in [-0.15, -0.1) is 0 Å². The van der Waals surface area contributed by atoms with Gasteiger partial charge in [0.15, 0.2) is 0 Å². The molecular formula is C17H20N2O. The van der Waals surface area contributed by atoms with Crippen LogP contribution in [0.15, 0.2) is 36.4 Å². The Morgan fingerprint density at radius 3 is 2.55 bits per heavy atom. The van der Waals surface area contributed by atoms with Crippen molar-refractivity contribution >= 4 is 17.3 Å². The zero-order valence-corrected chi connectivity index (χ0v) is 12.2. The van der Waals surface area contributed by atoms with Gasteiger partial charge in [-0.1, -0.05) is 31.2 Å². The molecule has 0 spiro atoms. The summed E-state index contributed by atoms with van der Waals surface area (Å²) in [6.07, 6.45) is 0.825. The quantitative estimate of drug-likeness (QED) is 0.834. The Bertz CT molecular complexity index is 647. The van der Waals surface area contributed by atoms with Gasteiger partial charge in [0.1, 0.15) is 0 Å². The van der Waals surface area contributed by atoms with Crippen molar-refractivity contribution < 1.29 is 4.79 Å².